The smallest absolute Gasteiger partial charge is 0.191 e. The summed E-state index contributed by atoms with van der Waals surface area (Å²) in [5.74, 6) is 0.928. The topological polar surface area (TPSA) is 36.4 Å². The van der Waals surface area contributed by atoms with E-state index in [1.807, 2.05) is 12.1 Å². The molecule has 1 fully saturated rings. The maximum Gasteiger partial charge on any atom is 0.191 e. The molecule has 2 N–H and O–H groups in total. The van der Waals surface area contributed by atoms with Crippen molar-refractivity contribution in [3.05, 3.63) is 34.9 Å². The van der Waals surface area contributed by atoms with Gasteiger partial charge in [0.05, 0.1) is 6.54 Å². The van der Waals surface area contributed by atoms with Gasteiger partial charge in [-0.25, -0.2) is 0 Å². The third kappa shape index (κ3) is 4.41. The second-order valence-corrected chi connectivity index (χ2v) is 6.44. The molecule has 0 spiro atoms. The maximum atomic E-state index is 5.95. The maximum absolute atomic E-state index is 5.95. The van der Waals surface area contributed by atoms with Gasteiger partial charge >= 0.3 is 0 Å². The van der Waals surface area contributed by atoms with E-state index < -0.39 is 0 Å². The monoisotopic (exact) mass is 293 g/mol. The summed E-state index contributed by atoms with van der Waals surface area (Å²) in [6, 6.07) is 8.66. The lowest BCUT2D eigenvalue weighted by Crippen LogP contribution is -2.39. The van der Waals surface area contributed by atoms with Gasteiger partial charge in [-0.3, -0.25) is 4.99 Å². The van der Waals surface area contributed by atoms with E-state index in [1.54, 1.807) is 0 Å². The van der Waals surface area contributed by atoms with Gasteiger partial charge in [0, 0.05) is 23.0 Å². The number of aliphatic imine (C=N–C) groups is 1. The van der Waals surface area contributed by atoms with Gasteiger partial charge in [-0.1, -0.05) is 37.6 Å². The lowest BCUT2D eigenvalue weighted by molar-refractivity contribution is 0.537. The average Bonchev–Trinajstić information content (AvgIpc) is 3.21. The molecule has 0 atom stereocenters. The summed E-state index contributed by atoms with van der Waals surface area (Å²) >= 11 is 5.95. The Morgan fingerprint density at radius 1 is 1.30 bits per heavy atom. The van der Waals surface area contributed by atoms with Gasteiger partial charge in [-0.05, 0) is 37.5 Å². The number of guanidine groups is 1. The predicted molar refractivity (Wildman–Crippen MR) is 86.6 cm³/mol. The predicted octanol–water partition coefficient (Wildman–Crippen LogP) is 3.34. The van der Waals surface area contributed by atoms with E-state index in [-0.39, 0.29) is 5.41 Å². The molecule has 0 heterocycles. The van der Waals surface area contributed by atoms with E-state index in [9.17, 15) is 0 Å². The summed E-state index contributed by atoms with van der Waals surface area (Å²) in [4.78, 5) is 4.73. The van der Waals surface area contributed by atoms with Crippen molar-refractivity contribution in [1.82, 2.24) is 10.6 Å². The Labute approximate surface area is 126 Å². The van der Waals surface area contributed by atoms with Crippen LogP contribution in [-0.2, 0) is 5.41 Å². The van der Waals surface area contributed by atoms with Gasteiger partial charge in [0.2, 0.25) is 0 Å². The van der Waals surface area contributed by atoms with Crippen molar-refractivity contribution < 1.29 is 0 Å². The standard InChI is InChI=1S/C16H24ClN3/c1-4-18-15(20-14-9-10-14)19-11-16(2,3)12-5-7-13(17)8-6-12/h5-8,14H,4,9-11H2,1-3H3,(H2,18,19,20). The molecule has 0 aromatic heterocycles. The van der Waals surface area contributed by atoms with E-state index in [0.717, 1.165) is 24.1 Å². The summed E-state index contributed by atoms with van der Waals surface area (Å²) in [5, 5.41) is 7.52. The highest BCUT2D eigenvalue weighted by Crippen LogP contribution is 2.25. The lowest BCUT2D eigenvalue weighted by atomic mass is 9.85. The van der Waals surface area contributed by atoms with Gasteiger partial charge in [-0.2, -0.15) is 0 Å². The second kappa shape index (κ2) is 6.49. The van der Waals surface area contributed by atoms with Gasteiger partial charge < -0.3 is 10.6 Å². The van der Waals surface area contributed by atoms with Gasteiger partial charge in [0.15, 0.2) is 5.96 Å². The molecule has 1 aromatic rings. The van der Waals surface area contributed by atoms with Crippen LogP contribution in [0.15, 0.2) is 29.3 Å². The third-order valence-corrected chi connectivity index (χ3v) is 3.77. The van der Waals surface area contributed by atoms with Crippen LogP contribution in [0.4, 0.5) is 0 Å². The summed E-state index contributed by atoms with van der Waals surface area (Å²) in [7, 11) is 0. The normalized spacial score (nSPS) is 16.1. The molecular weight excluding hydrogens is 270 g/mol. The van der Waals surface area contributed by atoms with Crippen molar-refractivity contribution in [2.45, 2.75) is 45.1 Å². The Hall–Kier alpha value is -1.22. The van der Waals surface area contributed by atoms with Gasteiger partial charge in [-0.15, -0.1) is 0 Å². The first-order valence-corrected chi connectivity index (χ1v) is 7.70. The number of halogens is 1. The molecule has 0 bridgehead atoms. The third-order valence-electron chi connectivity index (χ3n) is 3.52. The molecule has 1 saturated carbocycles. The lowest BCUT2D eigenvalue weighted by Gasteiger charge is -2.24. The zero-order chi connectivity index (χ0) is 14.6. The van der Waals surface area contributed by atoms with Gasteiger partial charge in [0.1, 0.15) is 0 Å². The molecule has 0 unspecified atom stereocenters. The Bertz CT molecular complexity index is 461. The minimum atomic E-state index is -0.00348. The second-order valence-electron chi connectivity index (χ2n) is 6.00. The first-order chi connectivity index (χ1) is 9.51. The molecular formula is C16H24ClN3. The zero-order valence-corrected chi connectivity index (χ0v) is 13.3. The molecule has 0 radical (unpaired) electrons. The molecule has 20 heavy (non-hydrogen) atoms. The van der Waals surface area contributed by atoms with Crippen molar-refractivity contribution in [3.8, 4) is 0 Å². The van der Waals surface area contributed by atoms with E-state index >= 15 is 0 Å². The van der Waals surface area contributed by atoms with Crippen LogP contribution in [0.3, 0.4) is 0 Å². The summed E-state index contributed by atoms with van der Waals surface area (Å²) in [6.45, 7) is 8.14. The van der Waals surface area contributed by atoms with Crippen molar-refractivity contribution in [2.75, 3.05) is 13.1 Å². The number of benzene rings is 1. The first kappa shape index (κ1) is 15.2. The fraction of sp³-hybridized carbons (Fsp3) is 0.562. The van der Waals surface area contributed by atoms with Crippen LogP contribution >= 0.6 is 11.6 Å². The highest BCUT2D eigenvalue weighted by Gasteiger charge is 2.24. The number of hydrogen-bond acceptors (Lipinski definition) is 1. The number of rotatable bonds is 5. The van der Waals surface area contributed by atoms with Crippen molar-refractivity contribution in [3.63, 3.8) is 0 Å². The molecule has 3 nitrogen and oxygen atoms in total. The van der Waals surface area contributed by atoms with Crippen LogP contribution in [0.2, 0.25) is 5.02 Å². The molecule has 1 aromatic carbocycles. The molecule has 0 aliphatic heterocycles. The van der Waals surface area contributed by atoms with E-state index in [0.29, 0.717) is 6.04 Å². The Morgan fingerprint density at radius 3 is 2.50 bits per heavy atom. The molecule has 2 rings (SSSR count). The number of nitrogens with zero attached hydrogens (tertiary/aromatic N) is 1. The summed E-state index contributed by atoms with van der Waals surface area (Å²) < 4.78 is 0. The number of nitrogens with one attached hydrogen (secondary N) is 2. The Balaban J connectivity index is 2.02. The highest BCUT2D eigenvalue weighted by molar-refractivity contribution is 6.30. The summed E-state index contributed by atoms with van der Waals surface area (Å²) in [6.07, 6.45) is 2.51. The fourth-order valence-electron chi connectivity index (χ4n) is 2.01. The molecule has 1 aliphatic rings. The average molecular weight is 294 g/mol. The van der Waals surface area contributed by atoms with Crippen LogP contribution in [0, 0.1) is 0 Å². The summed E-state index contributed by atoms with van der Waals surface area (Å²) in [5.41, 5.74) is 1.25. The van der Waals surface area contributed by atoms with Crippen LogP contribution in [0.25, 0.3) is 0 Å². The van der Waals surface area contributed by atoms with Crippen molar-refractivity contribution >= 4 is 17.6 Å². The first-order valence-electron chi connectivity index (χ1n) is 7.32. The highest BCUT2D eigenvalue weighted by atomic mass is 35.5. The van der Waals surface area contributed by atoms with Crippen molar-refractivity contribution in [1.29, 1.82) is 0 Å². The molecule has 110 valence electrons. The Kier molecular flexibility index (Phi) is 4.92. The molecule has 0 amide bonds. The van der Waals surface area contributed by atoms with Crippen LogP contribution < -0.4 is 10.6 Å². The number of hydrogen-bond donors (Lipinski definition) is 2. The quantitative estimate of drug-likeness (QED) is 0.645. The van der Waals surface area contributed by atoms with E-state index in [4.69, 9.17) is 16.6 Å². The zero-order valence-electron chi connectivity index (χ0n) is 12.5. The van der Waals surface area contributed by atoms with Crippen LogP contribution in [0.5, 0.6) is 0 Å². The van der Waals surface area contributed by atoms with Crippen molar-refractivity contribution in [2.24, 2.45) is 4.99 Å². The fourth-order valence-corrected chi connectivity index (χ4v) is 2.14. The Morgan fingerprint density at radius 2 is 1.95 bits per heavy atom. The van der Waals surface area contributed by atoms with Crippen LogP contribution in [-0.4, -0.2) is 25.1 Å². The largest absolute Gasteiger partial charge is 0.357 e. The SMILES string of the molecule is CCNC(=NCC(C)(C)c1ccc(Cl)cc1)NC1CC1. The van der Waals surface area contributed by atoms with E-state index in [2.05, 4.69) is 43.5 Å². The molecule has 4 heteroatoms. The molecule has 1 aliphatic carbocycles. The minimum absolute atomic E-state index is 0.00348. The van der Waals surface area contributed by atoms with Gasteiger partial charge in [0.25, 0.3) is 0 Å². The minimum Gasteiger partial charge on any atom is -0.357 e. The van der Waals surface area contributed by atoms with E-state index in [1.165, 1.54) is 18.4 Å². The molecule has 0 saturated heterocycles. The van der Waals surface area contributed by atoms with Crippen LogP contribution in [0.1, 0.15) is 39.2 Å².